The summed E-state index contributed by atoms with van der Waals surface area (Å²) in [6.07, 6.45) is 31.0. The summed E-state index contributed by atoms with van der Waals surface area (Å²) >= 11 is 14.9. The van der Waals surface area contributed by atoms with Crippen LogP contribution in [0.4, 0.5) is 0 Å². The number of nitrogens with zero attached hydrogens (tertiary/aromatic N) is 11. The van der Waals surface area contributed by atoms with E-state index in [9.17, 15) is 4.79 Å². The Bertz CT molecular complexity index is 2700. The molecule has 2 atom stereocenters. The zero-order valence-electron chi connectivity index (χ0n) is 54.9. The molecule has 2 saturated heterocycles. The Hall–Kier alpha value is -3.62. The number of nitrogens with one attached hydrogen (secondary N) is 1. The second-order valence-electron chi connectivity index (χ2n) is 21.7. The van der Waals surface area contributed by atoms with Gasteiger partial charge in [0.25, 0.3) is 0 Å². The van der Waals surface area contributed by atoms with E-state index in [-0.39, 0.29) is 40.8 Å². The van der Waals surface area contributed by atoms with Gasteiger partial charge in [-0.25, -0.2) is 0 Å². The number of rotatable bonds is 19. The maximum atomic E-state index is 9.44. The van der Waals surface area contributed by atoms with Gasteiger partial charge in [0.15, 0.2) is 0 Å². The fraction of sp³-hybridized carbons (Fsp3) is 0.484. The molecule has 89 heavy (non-hydrogen) atoms. The fourth-order valence-electron chi connectivity index (χ4n) is 7.87. The fourth-order valence-corrected chi connectivity index (χ4v) is 10.00. The first kappa shape index (κ1) is 89.6. The number of allylic oxidation sites excluding steroid dienone is 6. The van der Waals surface area contributed by atoms with Crippen molar-refractivity contribution in [2.75, 3.05) is 99.7 Å². The van der Waals surface area contributed by atoms with Crippen LogP contribution in [0.3, 0.4) is 0 Å². The van der Waals surface area contributed by atoms with Crippen molar-refractivity contribution in [3.05, 3.63) is 152 Å². The minimum absolute atomic E-state index is 0.128. The van der Waals surface area contributed by atoms with Crippen LogP contribution in [0.1, 0.15) is 82.1 Å². The number of likely N-dealkylation sites (tertiary alicyclic amines) is 2. The van der Waals surface area contributed by atoms with E-state index in [1.165, 1.54) is 94.4 Å². The van der Waals surface area contributed by atoms with Crippen molar-refractivity contribution in [2.24, 2.45) is 46.2 Å². The molecule has 6 heterocycles. The molecule has 0 radical (unpaired) electrons. The van der Waals surface area contributed by atoms with Crippen LogP contribution in [0, 0.1) is 11.8 Å². The molecule has 2 unspecified atom stereocenters. The molecule has 19 nitrogen and oxygen atoms in total. The van der Waals surface area contributed by atoms with Gasteiger partial charge in [-0.2, -0.15) is 0 Å². The van der Waals surface area contributed by atoms with Crippen molar-refractivity contribution in [2.45, 2.75) is 94.2 Å². The van der Waals surface area contributed by atoms with Crippen LogP contribution >= 0.6 is 0 Å². The molecule has 0 aromatic heterocycles. The van der Waals surface area contributed by atoms with Crippen LogP contribution in [0.2, 0.25) is 0 Å². The third-order valence-corrected chi connectivity index (χ3v) is 16.5. The first-order valence-corrected chi connectivity index (χ1v) is 33.5. The minimum atomic E-state index is -0.162. The Kier molecular flexibility index (Phi) is 53.2. The van der Waals surface area contributed by atoms with Crippen LogP contribution < -0.4 is 39.7 Å². The summed E-state index contributed by atoms with van der Waals surface area (Å²) in [5, 5.41) is 55.5. The summed E-state index contributed by atoms with van der Waals surface area (Å²) in [4.78, 5) is 21.1. The predicted molar refractivity (Wildman–Crippen MR) is 367 cm³/mol. The molecule has 6 aliphatic heterocycles. The zero-order valence-corrected chi connectivity index (χ0v) is 63.3. The second-order valence-corrected chi connectivity index (χ2v) is 26.7. The van der Waals surface area contributed by atoms with E-state index in [0.717, 1.165) is 88.9 Å². The normalized spacial score (nSPS) is 18.0. The standard InChI is InChI=1S/C11H18N3.C11H16N3.C9H14N3.C9H12N3.C8H10N3.C6H11N.C5H7N2.C3H6O.C2H6.6V/c2*1-9(2)14-7-6-10(8-14)4-3-5-11(12)13;2*1-12-6-5-8(7-12)3-2-4-9(10)11;9-8(10)3-1-2-7-4-5-11-6-7;1-6-3-4-7(2)5-6;1-2-3-4-5(6)7;1-3(2)4;1-2;;;;;;/h3,5,9-10H,6-8H2,1-2H3,(H2-,12,13);3,5-6,9H,7-8H2,1-2H3,(H2-,12,13);2,4,8H,5-7H2,1H3,(H2-,10,11);2,4-5H,6-7H2,1H3,(H2-,10,11);1,3-4,11H,5-6H2,(H2-,9,10);3H,4-5H2,1-2H3;3-4H,1H3,(H2-,6,7);1-2H3;1-2H3;;;;;;/q5*-1;;-1;;;;;;;;. The quantitative estimate of drug-likeness (QED) is 0.0537. The molecule has 6 rings (SSSR count). The molecular formula is C64H100N18OV6-6. The van der Waals surface area contributed by atoms with Crippen LogP contribution in [0.25, 0.3) is 32.5 Å². The molecule has 0 aromatic rings. The molecule has 0 aliphatic carbocycles. The van der Waals surface area contributed by atoms with Crippen molar-refractivity contribution in [3.8, 4) is 0 Å². The Balaban J connectivity index is -0.000000965. The Morgan fingerprint density at radius 3 is 1.16 bits per heavy atom. The number of carbonyl (C=O) groups excluding carboxylic acids is 1. The second kappa shape index (κ2) is 52.8. The van der Waals surface area contributed by atoms with E-state index in [1.54, 1.807) is 24.3 Å². The molecule has 2 fully saturated rings. The van der Waals surface area contributed by atoms with E-state index >= 15 is 0 Å². The molecular weight excluding hydrogens is 1340 g/mol. The van der Waals surface area contributed by atoms with Crippen LogP contribution in [0.15, 0.2) is 120 Å². The van der Waals surface area contributed by atoms with Gasteiger partial charge in [-0.1, -0.05) is 25.5 Å². The number of Topliss-reactive ketones (excluding diaryl/α,β-unsaturated/α-hetero) is 1. The van der Waals surface area contributed by atoms with Gasteiger partial charge in [0, 0.05) is 13.1 Å². The Morgan fingerprint density at radius 1 is 0.494 bits per heavy atom. The van der Waals surface area contributed by atoms with E-state index in [1.807, 2.05) is 39.0 Å². The number of carbonyl (C=O) groups is 1. The SMILES string of the molecule is CC.CC(C)=O.CC(C)N1CC=C([C](=[V])C=CC(=[N-])N)C1.CC(C)N1CCC([C](=[V])C=CC(=[N-])N)C1.CC1=CCN(C)C1.CN1CC=C([C](=[V])C=CC(=[N-])N)C1.CN1CCC([C](=[V])C=CC(=[N-])N)C1.C[C](=[V])C=CC(=[N-])N.[N-]=C(N)C=C[C](=[V])C1=CCNC1. The number of nitrogens with two attached hydrogens (primary N) is 6. The van der Waals surface area contributed by atoms with Gasteiger partial charge in [-0.3, -0.25) is 4.90 Å². The van der Waals surface area contributed by atoms with Crippen molar-refractivity contribution in [1.29, 1.82) is 0 Å². The molecule has 6 aliphatic rings. The molecule has 0 bridgehead atoms. The summed E-state index contributed by atoms with van der Waals surface area (Å²) in [5.41, 5.74) is 35.8. The third-order valence-electron chi connectivity index (χ3n) is 12.6. The van der Waals surface area contributed by atoms with Crippen LogP contribution in [0.5, 0.6) is 0 Å². The number of hydrogen-bond acceptors (Lipinski definition) is 7. The molecule has 488 valence electrons. The van der Waals surface area contributed by atoms with Gasteiger partial charge in [0.2, 0.25) is 0 Å². The van der Waals surface area contributed by atoms with Gasteiger partial charge in [-0.05, 0) is 27.8 Å². The topological polar surface area (TPSA) is 335 Å². The summed E-state index contributed by atoms with van der Waals surface area (Å²) in [7, 11) is 6.32. The molecule has 13 N–H and O–H groups in total. The number of ketones is 1. The van der Waals surface area contributed by atoms with Crippen molar-refractivity contribution < 1.29 is 107 Å². The molecule has 0 saturated carbocycles. The molecule has 0 aromatic carbocycles. The van der Waals surface area contributed by atoms with Crippen molar-refractivity contribution in [1.82, 2.24) is 29.8 Å². The summed E-state index contributed by atoms with van der Waals surface area (Å²) in [6.45, 7) is 32.5. The third kappa shape index (κ3) is 50.6. The van der Waals surface area contributed by atoms with E-state index in [0.29, 0.717) is 23.9 Å². The predicted octanol–water partition coefficient (Wildman–Crippen LogP) is 4.38. The van der Waals surface area contributed by atoms with Gasteiger partial charge in [0.1, 0.15) is 5.78 Å². The average molecular weight is 1440 g/mol. The first-order valence-electron chi connectivity index (χ1n) is 29.3. The first-order chi connectivity index (χ1) is 41.5. The van der Waals surface area contributed by atoms with Gasteiger partial charge in [-0.15, -0.1) is 0 Å². The number of amidine groups is 6. The summed E-state index contributed by atoms with van der Waals surface area (Å²) in [6, 6.07) is 1.19. The van der Waals surface area contributed by atoms with E-state index in [4.69, 9.17) is 66.9 Å². The monoisotopic (exact) mass is 1440 g/mol. The van der Waals surface area contributed by atoms with E-state index < -0.39 is 0 Å². The zero-order chi connectivity index (χ0) is 68.9. The van der Waals surface area contributed by atoms with E-state index in [2.05, 4.69) is 212 Å². The molecule has 0 amide bonds. The van der Waals surface area contributed by atoms with Crippen molar-refractivity contribution in [3.63, 3.8) is 0 Å². The summed E-state index contributed by atoms with van der Waals surface area (Å²) in [5.74, 6) is 0.463. The Morgan fingerprint density at radius 2 is 0.865 bits per heavy atom. The maximum absolute atomic E-state index is 9.44. The van der Waals surface area contributed by atoms with Crippen molar-refractivity contribution >= 4 is 66.2 Å². The van der Waals surface area contributed by atoms with Crippen LogP contribution in [-0.2, 0) is 107 Å². The van der Waals surface area contributed by atoms with Gasteiger partial charge < -0.3 is 4.79 Å². The van der Waals surface area contributed by atoms with Crippen LogP contribution in [-0.4, -0.2) is 202 Å². The molecule has 0 spiro atoms. The summed E-state index contributed by atoms with van der Waals surface area (Å²) < 4.78 is 6.78. The van der Waals surface area contributed by atoms with Gasteiger partial charge in [0.05, 0.1) is 0 Å². The van der Waals surface area contributed by atoms with Gasteiger partial charge >= 0.3 is 513 Å². The average Bonchev–Trinajstić information content (AvgIpc) is 3.34. The number of likely N-dealkylation sites (N-methyl/N-ethyl adjacent to an activating group) is 2. The molecule has 25 heteroatoms. The Labute approximate surface area is 589 Å². The number of hydrogen-bond donors (Lipinski definition) is 7.